The van der Waals surface area contributed by atoms with Gasteiger partial charge in [-0.05, 0) is 12.8 Å². The van der Waals surface area contributed by atoms with Gasteiger partial charge in [0, 0.05) is 37.8 Å². The SMILES string of the molecule is CN(C)c1cc(C2CCCCC2)nc2ccnn12. The molecule has 0 atom stereocenters. The molecule has 1 aliphatic carbocycles. The van der Waals surface area contributed by atoms with Gasteiger partial charge < -0.3 is 4.90 Å². The third-order valence-corrected chi connectivity index (χ3v) is 3.84. The Kier molecular flexibility index (Phi) is 2.94. The molecule has 1 aliphatic rings. The van der Waals surface area contributed by atoms with E-state index in [0.29, 0.717) is 5.92 Å². The third kappa shape index (κ3) is 1.96. The second-order valence-corrected chi connectivity index (χ2v) is 5.37. The van der Waals surface area contributed by atoms with E-state index in [4.69, 9.17) is 4.98 Å². The number of nitrogens with zero attached hydrogens (tertiary/aromatic N) is 4. The van der Waals surface area contributed by atoms with Crippen LogP contribution in [-0.4, -0.2) is 28.7 Å². The molecule has 0 amide bonds. The molecular formula is C14H20N4. The zero-order valence-electron chi connectivity index (χ0n) is 11.1. The maximum Gasteiger partial charge on any atom is 0.157 e. The maximum atomic E-state index is 4.78. The van der Waals surface area contributed by atoms with Crippen molar-refractivity contribution in [3.05, 3.63) is 24.0 Å². The summed E-state index contributed by atoms with van der Waals surface area (Å²) in [7, 11) is 4.11. The quantitative estimate of drug-likeness (QED) is 0.814. The van der Waals surface area contributed by atoms with Crippen molar-refractivity contribution >= 4 is 11.5 Å². The zero-order valence-corrected chi connectivity index (χ0v) is 11.1. The summed E-state index contributed by atoms with van der Waals surface area (Å²) in [6.45, 7) is 0. The topological polar surface area (TPSA) is 33.4 Å². The Morgan fingerprint density at radius 2 is 2.00 bits per heavy atom. The van der Waals surface area contributed by atoms with Gasteiger partial charge in [-0.2, -0.15) is 9.61 Å². The standard InChI is InChI=1S/C14H20N4/c1-17(2)14-10-12(11-6-4-3-5-7-11)16-13-8-9-15-18(13)14/h8-11H,3-7H2,1-2H3. The first-order valence-corrected chi connectivity index (χ1v) is 6.78. The second kappa shape index (κ2) is 4.59. The van der Waals surface area contributed by atoms with Gasteiger partial charge in [0.05, 0.1) is 6.20 Å². The zero-order chi connectivity index (χ0) is 12.5. The van der Waals surface area contributed by atoms with Crippen molar-refractivity contribution in [1.29, 1.82) is 0 Å². The summed E-state index contributed by atoms with van der Waals surface area (Å²) in [5.74, 6) is 1.75. The van der Waals surface area contributed by atoms with Gasteiger partial charge >= 0.3 is 0 Å². The van der Waals surface area contributed by atoms with Gasteiger partial charge in [0.25, 0.3) is 0 Å². The molecule has 0 aliphatic heterocycles. The van der Waals surface area contributed by atoms with Crippen molar-refractivity contribution in [3.8, 4) is 0 Å². The minimum atomic E-state index is 0.636. The Hall–Kier alpha value is -1.58. The summed E-state index contributed by atoms with van der Waals surface area (Å²) in [5, 5.41) is 4.34. The largest absolute Gasteiger partial charge is 0.363 e. The Bertz CT molecular complexity index is 538. The van der Waals surface area contributed by atoms with Crippen LogP contribution in [0.15, 0.2) is 18.3 Å². The molecule has 18 heavy (non-hydrogen) atoms. The van der Waals surface area contributed by atoms with Crippen molar-refractivity contribution in [1.82, 2.24) is 14.6 Å². The maximum absolute atomic E-state index is 4.78. The van der Waals surface area contributed by atoms with Crippen LogP contribution in [0, 0.1) is 0 Å². The normalized spacial score (nSPS) is 17.2. The van der Waals surface area contributed by atoms with E-state index in [0.717, 1.165) is 11.5 Å². The van der Waals surface area contributed by atoms with E-state index >= 15 is 0 Å². The summed E-state index contributed by atoms with van der Waals surface area (Å²) in [6, 6.07) is 4.19. The highest BCUT2D eigenvalue weighted by Gasteiger charge is 2.19. The fourth-order valence-corrected chi connectivity index (χ4v) is 2.84. The number of hydrogen-bond donors (Lipinski definition) is 0. The first-order valence-electron chi connectivity index (χ1n) is 6.78. The molecule has 0 saturated heterocycles. The highest BCUT2D eigenvalue weighted by molar-refractivity contribution is 5.50. The van der Waals surface area contributed by atoms with E-state index in [1.807, 2.05) is 16.8 Å². The van der Waals surface area contributed by atoms with Gasteiger partial charge in [-0.1, -0.05) is 19.3 Å². The lowest BCUT2D eigenvalue weighted by Crippen LogP contribution is -2.16. The van der Waals surface area contributed by atoms with E-state index in [1.165, 1.54) is 37.8 Å². The Morgan fingerprint density at radius 3 is 2.72 bits per heavy atom. The van der Waals surface area contributed by atoms with Crippen molar-refractivity contribution in [2.45, 2.75) is 38.0 Å². The van der Waals surface area contributed by atoms with E-state index in [2.05, 4.69) is 30.2 Å². The molecule has 0 N–H and O–H groups in total. The fraction of sp³-hybridized carbons (Fsp3) is 0.571. The average molecular weight is 244 g/mol. The van der Waals surface area contributed by atoms with Crippen LogP contribution in [-0.2, 0) is 0 Å². The summed E-state index contributed by atoms with van der Waals surface area (Å²) in [4.78, 5) is 6.88. The van der Waals surface area contributed by atoms with Gasteiger partial charge in [0.15, 0.2) is 5.65 Å². The van der Waals surface area contributed by atoms with Crippen LogP contribution in [0.2, 0.25) is 0 Å². The smallest absolute Gasteiger partial charge is 0.157 e. The molecule has 0 radical (unpaired) electrons. The lowest BCUT2D eigenvalue weighted by Gasteiger charge is -2.23. The minimum absolute atomic E-state index is 0.636. The number of anilines is 1. The van der Waals surface area contributed by atoms with Crippen LogP contribution in [0.25, 0.3) is 5.65 Å². The minimum Gasteiger partial charge on any atom is -0.363 e. The summed E-state index contributed by atoms with van der Waals surface area (Å²) in [5.41, 5.74) is 2.20. The molecule has 4 heteroatoms. The lowest BCUT2D eigenvalue weighted by atomic mass is 9.87. The Morgan fingerprint density at radius 1 is 1.22 bits per heavy atom. The van der Waals surface area contributed by atoms with Crippen LogP contribution in [0.3, 0.4) is 0 Å². The molecule has 96 valence electrons. The van der Waals surface area contributed by atoms with Crippen LogP contribution >= 0.6 is 0 Å². The molecular weight excluding hydrogens is 224 g/mol. The predicted octanol–water partition coefficient (Wildman–Crippen LogP) is 2.84. The molecule has 2 aromatic heterocycles. The molecule has 2 aromatic rings. The summed E-state index contributed by atoms with van der Waals surface area (Å²) < 4.78 is 1.91. The van der Waals surface area contributed by atoms with Crippen molar-refractivity contribution in [2.75, 3.05) is 19.0 Å². The molecule has 4 nitrogen and oxygen atoms in total. The van der Waals surface area contributed by atoms with Crippen LogP contribution in [0.5, 0.6) is 0 Å². The van der Waals surface area contributed by atoms with Crippen LogP contribution in [0.4, 0.5) is 5.82 Å². The highest BCUT2D eigenvalue weighted by atomic mass is 15.3. The van der Waals surface area contributed by atoms with Crippen LogP contribution in [0.1, 0.15) is 43.7 Å². The van der Waals surface area contributed by atoms with Crippen molar-refractivity contribution < 1.29 is 0 Å². The molecule has 1 fully saturated rings. The van der Waals surface area contributed by atoms with Gasteiger partial charge in [0.2, 0.25) is 0 Å². The van der Waals surface area contributed by atoms with E-state index < -0.39 is 0 Å². The first kappa shape index (κ1) is 11.5. The summed E-state index contributed by atoms with van der Waals surface area (Å²) >= 11 is 0. The molecule has 0 aromatic carbocycles. The Labute approximate surface area is 108 Å². The van der Waals surface area contributed by atoms with Gasteiger partial charge in [0.1, 0.15) is 5.82 Å². The van der Waals surface area contributed by atoms with Crippen LogP contribution < -0.4 is 4.90 Å². The van der Waals surface area contributed by atoms with Gasteiger partial charge in [-0.25, -0.2) is 4.98 Å². The van der Waals surface area contributed by atoms with Crippen molar-refractivity contribution in [3.63, 3.8) is 0 Å². The number of hydrogen-bond acceptors (Lipinski definition) is 3. The summed E-state index contributed by atoms with van der Waals surface area (Å²) in [6.07, 6.45) is 8.45. The lowest BCUT2D eigenvalue weighted by molar-refractivity contribution is 0.437. The average Bonchev–Trinajstić information content (AvgIpc) is 2.86. The molecule has 0 unspecified atom stereocenters. The van der Waals surface area contributed by atoms with E-state index in [1.54, 1.807) is 0 Å². The number of aromatic nitrogens is 3. The molecule has 0 bridgehead atoms. The number of fused-ring (bicyclic) bond motifs is 1. The Balaban J connectivity index is 2.06. The fourth-order valence-electron chi connectivity index (χ4n) is 2.84. The molecule has 1 saturated carbocycles. The number of rotatable bonds is 2. The first-order chi connectivity index (χ1) is 8.75. The monoisotopic (exact) mass is 244 g/mol. The second-order valence-electron chi connectivity index (χ2n) is 5.37. The van der Waals surface area contributed by atoms with Crippen molar-refractivity contribution in [2.24, 2.45) is 0 Å². The predicted molar refractivity (Wildman–Crippen MR) is 73.1 cm³/mol. The highest BCUT2D eigenvalue weighted by Crippen LogP contribution is 2.33. The third-order valence-electron chi connectivity index (χ3n) is 3.84. The molecule has 2 heterocycles. The van der Waals surface area contributed by atoms with Gasteiger partial charge in [-0.15, -0.1) is 0 Å². The molecule has 0 spiro atoms. The van der Waals surface area contributed by atoms with E-state index in [-0.39, 0.29) is 0 Å². The molecule has 3 rings (SSSR count). The van der Waals surface area contributed by atoms with Gasteiger partial charge in [-0.3, -0.25) is 0 Å². The van der Waals surface area contributed by atoms with E-state index in [9.17, 15) is 0 Å².